The van der Waals surface area contributed by atoms with Crippen LogP contribution in [0.15, 0.2) is 54.2 Å². The number of carbonyl (C=O) groups excluding carboxylic acids is 1. The van der Waals surface area contributed by atoms with Crippen molar-refractivity contribution in [1.82, 2.24) is 29.3 Å². The van der Waals surface area contributed by atoms with Gasteiger partial charge in [-0.1, -0.05) is 19.9 Å². The summed E-state index contributed by atoms with van der Waals surface area (Å²) < 4.78 is 1.91. The lowest BCUT2D eigenvalue weighted by Crippen LogP contribution is -2.47. The van der Waals surface area contributed by atoms with Gasteiger partial charge in [0.05, 0.1) is 34.5 Å². The molecule has 3 aliphatic heterocycles. The van der Waals surface area contributed by atoms with Gasteiger partial charge in [0, 0.05) is 50.2 Å². The third kappa shape index (κ3) is 4.22. The second-order valence-corrected chi connectivity index (χ2v) is 10.3. The minimum atomic E-state index is -0.0154. The lowest BCUT2D eigenvalue weighted by atomic mass is 9.92. The quantitative estimate of drug-likeness (QED) is 0.678. The summed E-state index contributed by atoms with van der Waals surface area (Å²) in [5.74, 6) is 0.172. The van der Waals surface area contributed by atoms with Crippen molar-refractivity contribution in [2.24, 2.45) is 5.92 Å². The molecule has 0 bridgehead atoms. The molecule has 1 atom stereocenters. The van der Waals surface area contributed by atoms with Gasteiger partial charge in [-0.25, -0.2) is 4.52 Å². The lowest BCUT2D eigenvalue weighted by Gasteiger charge is -2.38. The van der Waals surface area contributed by atoms with Gasteiger partial charge in [-0.2, -0.15) is 5.10 Å². The number of piperazine rings is 1. The molecule has 2 aromatic heterocycles. The van der Waals surface area contributed by atoms with E-state index in [0.29, 0.717) is 0 Å². The van der Waals surface area contributed by atoms with Crippen LogP contribution < -0.4 is 0 Å². The van der Waals surface area contributed by atoms with Crippen molar-refractivity contribution in [2.45, 2.75) is 52.5 Å². The van der Waals surface area contributed by atoms with E-state index >= 15 is 0 Å². The van der Waals surface area contributed by atoms with E-state index in [0.717, 1.165) is 84.6 Å². The van der Waals surface area contributed by atoms with Crippen LogP contribution in [-0.4, -0.2) is 67.4 Å². The Hall–Kier alpha value is -3.19. The largest absolute Gasteiger partial charge is 0.368 e. The third-order valence-electron chi connectivity index (χ3n) is 7.72. The molecule has 182 valence electrons. The van der Waals surface area contributed by atoms with E-state index in [1.165, 1.54) is 12.8 Å². The first-order valence-corrected chi connectivity index (χ1v) is 13.0. The van der Waals surface area contributed by atoms with Crippen molar-refractivity contribution in [3.8, 4) is 0 Å². The van der Waals surface area contributed by atoms with E-state index in [9.17, 15) is 4.79 Å². The van der Waals surface area contributed by atoms with Crippen LogP contribution in [0.4, 0.5) is 0 Å². The van der Waals surface area contributed by atoms with Crippen LogP contribution in [0.2, 0.25) is 0 Å². The van der Waals surface area contributed by atoms with Crippen molar-refractivity contribution in [1.29, 1.82) is 0 Å². The molecule has 2 aromatic rings. The number of rotatable bonds is 4. The predicted molar refractivity (Wildman–Crippen MR) is 137 cm³/mol. The zero-order valence-corrected chi connectivity index (χ0v) is 20.9. The summed E-state index contributed by atoms with van der Waals surface area (Å²) in [6.45, 7) is 10.5. The second kappa shape index (κ2) is 8.79. The molecule has 5 heterocycles. The average Bonchev–Trinajstić information content (AvgIpc) is 3.63. The van der Waals surface area contributed by atoms with Crippen molar-refractivity contribution in [3.63, 3.8) is 0 Å². The van der Waals surface area contributed by atoms with Gasteiger partial charge in [-0.3, -0.25) is 19.6 Å². The summed E-state index contributed by atoms with van der Waals surface area (Å²) in [5, 5.41) is 4.86. The fourth-order valence-corrected chi connectivity index (χ4v) is 5.51. The zero-order valence-electron chi connectivity index (χ0n) is 20.9. The number of carbonyl (C=O) groups is 1. The maximum Gasteiger partial charge on any atom is 0.255 e. The fraction of sp³-hybridized carbons (Fsp3) is 0.464. The van der Waals surface area contributed by atoms with Crippen molar-refractivity contribution < 1.29 is 4.79 Å². The maximum atomic E-state index is 13.6. The summed E-state index contributed by atoms with van der Waals surface area (Å²) >= 11 is 0. The Labute approximate surface area is 207 Å². The monoisotopic (exact) mass is 470 g/mol. The molecule has 2 fully saturated rings. The number of hydrogen-bond acceptors (Lipinski definition) is 5. The molecular formula is C28H34N6O. The van der Waals surface area contributed by atoms with Crippen molar-refractivity contribution in [3.05, 3.63) is 71.2 Å². The average molecular weight is 471 g/mol. The topological polar surface area (TPSA) is 57.0 Å². The number of aryl methyl sites for hydroxylation is 2. The summed E-state index contributed by atoms with van der Waals surface area (Å²) in [6, 6.07) is 2.90. The van der Waals surface area contributed by atoms with Gasteiger partial charge in [0.15, 0.2) is 0 Å². The first-order chi connectivity index (χ1) is 17.0. The first kappa shape index (κ1) is 22.3. The highest BCUT2D eigenvalue weighted by Gasteiger charge is 2.32. The van der Waals surface area contributed by atoms with Gasteiger partial charge in [0.2, 0.25) is 0 Å². The summed E-state index contributed by atoms with van der Waals surface area (Å²) in [7, 11) is 0. The second-order valence-electron chi connectivity index (χ2n) is 10.3. The molecule has 0 radical (unpaired) electrons. The number of fused-ring (bicyclic) bond motifs is 2. The summed E-state index contributed by atoms with van der Waals surface area (Å²) in [4.78, 5) is 25.1. The molecular weight excluding hydrogens is 436 g/mol. The van der Waals surface area contributed by atoms with E-state index in [1.807, 2.05) is 28.7 Å². The molecule has 7 nitrogen and oxygen atoms in total. The van der Waals surface area contributed by atoms with Crippen LogP contribution >= 0.6 is 0 Å². The highest BCUT2D eigenvalue weighted by atomic mass is 16.2. The molecule has 4 aliphatic rings. The van der Waals surface area contributed by atoms with Crippen LogP contribution in [0.1, 0.15) is 50.2 Å². The summed E-state index contributed by atoms with van der Waals surface area (Å²) in [6.07, 6.45) is 16.6. The standard InChI is InChI=1S/C28H34N6O/c1-4-25-27-16-26(30-34(27)17-20(3)29-25)24-15-28(35)33-18-23(10-9-22(33)6-5-19(24)2)32-13-11-31(12-14-32)21-7-8-21/h6,9-10,15-19,21H,4-5,7-8,11-14H2,1-3H3. The minimum Gasteiger partial charge on any atom is -0.368 e. The van der Waals surface area contributed by atoms with Crippen LogP contribution in [0.5, 0.6) is 0 Å². The van der Waals surface area contributed by atoms with E-state index in [4.69, 9.17) is 5.10 Å². The molecule has 1 saturated carbocycles. The van der Waals surface area contributed by atoms with Gasteiger partial charge < -0.3 is 4.90 Å². The third-order valence-corrected chi connectivity index (χ3v) is 7.72. The van der Waals surface area contributed by atoms with E-state index in [2.05, 4.69) is 52.9 Å². The molecule has 1 aliphatic carbocycles. The van der Waals surface area contributed by atoms with Gasteiger partial charge in [-0.15, -0.1) is 0 Å². The Bertz CT molecular complexity index is 1290. The van der Waals surface area contributed by atoms with Crippen LogP contribution in [0, 0.1) is 12.8 Å². The molecule has 0 N–H and O–H groups in total. The van der Waals surface area contributed by atoms with Crippen molar-refractivity contribution in [2.75, 3.05) is 26.2 Å². The first-order valence-electron chi connectivity index (χ1n) is 13.0. The number of allylic oxidation sites excluding steroid dienone is 4. The van der Waals surface area contributed by atoms with Gasteiger partial charge in [-0.05, 0) is 62.3 Å². The van der Waals surface area contributed by atoms with E-state index in [1.54, 1.807) is 6.08 Å². The fourth-order valence-electron chi connectivity index (χ4n) is 5.51. The Morgan fingerprint density at radius 3 is 2.60 bits per heavy atom. The van der Waals surface area contributed by atoms with Gasteiger partial charge >= 0.3 is 0 Å². The van der Waals surface area contributed by atoms with Gasteiger partial charge in [0.1, 0.15) is 0 Å². The molecule has 0 aromatic carbocycles. The number of amides is 1. The van der Waals surface area contributed by atoms with E-state index < -0.39 is 0 Å². The maximum absolute atomic E-state index is 13.6. The zero-order chi connectivity index (χ0) is 24.1. The Morgan fingerprint density at radius 1 is 1.09 bits per heavy atom. The predicted octanol–water partition coefficient (Wildman–Crippen LogP) is 3.93. The number of nitrogens with zero attached hydrogens (tertiary/aromatic N) is 6. The summed E-state index contributed by atoms with van der Waals surface area (Å²) in [5.41, 5.74) is 6.92. The SMILES string of the molecule is CCc1nc(C)cn2nc(C3=CC(=O)N4C=C(N5CCN(C6CC6)CC5)C=CC4=CCC3C)cc12. The Morgan fingerprint density at radius 2 is 1.86 bits per heavy atom. The molecule has 6 rings (SSSR count). The molecule has 35 heavy (non-hydrogen) atoms. The number of hydrogen-bond donors (Lipinski definition) is 0. The minimum absolute atomic E-state index is 0.0154. The smallest absolute Gasteiger partial charge is 0.255 e. The molecule has 1 amide bonds. The number of aromatic nitrogens is 3. The van der Waals surface area contributed by atoms with Crippen LogP contribution in [-0.2, 0) is 11.2 Å². The molecule has 1 saturated heterocycles. The molecule has 0 spiro atoms. The normalized spacial score (nSPS) is 23.6. The van der Waals surface area contributed by atoms with Crippen LogP contribution in [0.3, 0.4) is 0 Å². The van der Waals surface area contributed by atoms with E-state index in [-0.39, 0.29) is 11.8 Å². The highest BCUT2D eigenvalue weighted by molar-refractivity contribution is 5.98. The molecule has 7 heteroatoms. The van der Waals surface area contributed by atoms with Gasteiger partial charge in [0.25, 0.3) is 5.91 Å². The Kier molecular flexibility index (Phi) is 5.60. The molecule has 1 unspecified atom stereocenters. The van der Waals surface area contributed by atoms with Crippen LogP contribution in [0.25, 0.3) is 11.1 Å². The Balaban J connectivity index is 1.28. The van der Waals surface area contributed by atoms with Crippen molar-refractivity contribution >= 4 is 17.0 Å². The highest BCUT2D eigenvalue weighted by Crippen LogP contribution is 2.33. The lowest BCUT2D eigenvalue weighted by molar-refractivity contribution is -0.122.